The Morgan fingerprint density at radius 2 is 1.00 bits per heavy atom. The van der Waals surface area contributed by atoms with E-state index in [9.17, 15) is 28.6 Å². The van der Waals surface area contributed by atoms with Crippen LogP contribution < -0.4 is 35.4 Å². The molecular formula is C66H62BF2IN10O10S2. The van der Waals surface area contributed by atoms with Crippen LogP contribution in [0.1, 0.15) is 59.8 Å². The molecule has 0 bridgehead atoms. The van der Waals surface area contributed by atoms with E-state index in [4.69, 9.17) is 34.1 Å². The Kier molecular flexibility index (Phi) is 16.2. The molecule has 0 unspecified atom stereocenters. The normalized spacial score (nSPS) is 18.1. The van der Waals surface area contributed by atoms with E-state index in [1.54, 1.807) is 28.1 Å². The van der Waals surface area contributed by atoms with Gasteiger partial charge in [0.15, 0.2) is 0 Å². The fourth-order valence-corrected chi connectivity index (χ4v) is 16.9. The number of amides is 2. The lowest BCUT2D eigenvalue weighted by atomic mass is 9.55. The Labute approximate surface area is 548 Å². The number of benzene rings is 6. The SMILES string of the molecule is COc1cc(F)ccc1-c1cnc2sc(N3CC4(C3)CC(O)(CNC(=O)OCC3c5ccccc5-c5ccccc53)C4)nn12.COc1cc(F)ccc1B(O)O.O=C(NCC1(O)CC2(CN(c3nn4c(I)cnc4s3)C2)C1)OCC1c2ccccc2-c2ccccc21. The second kappa shape index (κ2) is 24.3. The van der Waals surface area contributed by atoms with Gasteiger partial charge in [0.25, 0.3) is 0 Å². The van der Waals surface area contributed by atoms with Crippen molar-refractivity contribution in [1.82, 2.24) is 39.8 Å². The summed E-state index contributed by atoms with van der Waals surface area (Å²) < 4.78 is 52.3. The fraction of sp³-hybridized carbons (Fsp3) is 0.303. The van der Waals surface area contributed by atoms with Gasteiger partial charge < -0.3 is 59.6 Å². The van der Waals surface area contributed by atoms with Gasteiger partial charge in [-0.2, -0.15) is 4.52 Å². The second-order valence-electron chi connectivity index (χ2n) is 24.7. The lowest BCUT2D eigenvalue weighted by Gasteiger charge is -2.62. The second-order valence-corrected chi connectivity index (χ2v) is 27.7. The molecule has 2 aliphatic heterocycles. The Morgan fingerprint density at radius 3 is 1.45 bits per heavy atom. The molecule has 2 amide bonds. The number of nitrogens with one attached hydrogen (secondary N) is 2. The summed E-state index contributed by atoms with van der Waals surface area (Å²) in [6, 6.07) is 40.9. The minimum atomic E-state index is -1.64. The number of anilines is 2. The summed E-state index contributed by atoms with van der Waals surface area (Å²) in [4.78, 5) is 40.1. The van der Waals surface area contributed by atoms with Gasteiger partial charge in [-0.25, -0.2) is 32.9 Å². The number of fused-ring (bicyclic) bond motifs is 8. The maximum atomic E-state index is 13.7. The Morgan fingerprint density at radius 1 is 0.587 bits per heavy atom. The first-order valence-corrected chi connectivity index (χ1v) is 32.6. The summed E-state index contributed by atoms with van der Waals surface area (Å²) in [6.07, 6.45) is 5.06. The predicted octanol–water partition coefficient (Wildman–Crippen LogP) is 9.26. The van der Waals surface area contributed by atoms with Crippen LogP contribution in [0.2, 0.25) is 0 Å². The molecule has 472 valence electrons. The lowest BCUT2D eigenvalue weighted by Crippen LogP contribution is -2.70. The predicted molar refractivity (Wildman–Crippen MR) is 353 cm³/mol. The third kappa shape index (κ3) is 11.7. The number of carbonyl (C=O) groups is 2. The van der Waals surface area contributed by atoms with Crippen LogP contribution >= 0.6 is 45.3 Å². The molecule has 6 heterocycles. The van der Waals surface area contributed by atoms with Crippen LogP contribution in [-0.4, -0.2) is 147 Å². The maximum Gasteiger partial charge on any atom is 0.492 e. The van der Waals surface area contributed by atoms with Gasteiger partial charge in [-0.3, -0.25) is 0 Å². The number of halogens is 3. The van der Waals surface area contributed by atoms with E-state index in [0.717, 1.165) is 79.0 Å². The number of ether oxygens (including phenoxy) is 4. The van der Waals surface area contributed by atoms with E-state index < -0.39 is 36.3 Å². The number of hydrogen-bond donors (Lipinski definition) is 6. The number of hydrogen-bond acceptors (Lipinski definition) is 18. The average Bonchev–Trinajstić information content (AvgIpc) is 0.774. The van der Waals surface area contributed by atoms with E-state index >= 15 is 0 Å². The zero-order chi connectivity index (χ0) is 63.7. The van der Waals surface area contributed by atoms with Crippen molar-refractivity contribution in [1.29, 1.82) is 0 Å². The number of methoxy groups -OCH3 is 2. The largest absolute Gasteiger partial charge is 0.497 e. The first-order valence-electron chi connectivity index (χ1n) is 29.9. The molecule has 2 saturated heterocycles. The molecule has 0 radical (unpaired) electrons. The highest BCUT2D eigenvalue weighted by molar-refractivity contribution is 14.1. The Hall–Kier alpha value is -8.25. The van der Waals surface area contributed by atoms with E-state index in [1.807, 2.05) is 59.2 Å². The van der Waals surface area contributed by atoms with Crippen molar-refractivity contribution in [2.75, 3.05) is 76.5 Å². The summed E-state index contributed by atoms with van der Waals surface area (Å²) in [6.45, 7) is 4.14. The minimum absolute atomic E-state index is 0.00558. The van der Waals surface area contributed by atoms with Crippen molar-refractivity contribution in [2.24, 2.45) is 10.8 Å². The van der Waals surface area contributed by atoms with E-state index in [2.05, 4.69) is 107 Å². The zero-order valence-electron chi connectivity index (χ0n) is 49.8. The first kappa shape index (κ1) is 61.3. The molecular weight excluding hydrogens is 1330 g/mol. The van der Waals surface area contributed by atoms with Crippen molar-refractivity contribution in [3.05, 3.63) is 183 Å². The fourth-order valence-electron chi connectivity index (χ4n) is 14.5. The topological polar surface area (TPSA) is 243 Å². The summed E-state index contributed by atoms with van der Waals surface area (Å²) in [5.41, 5.74) is 9.30. The Balaban J connectivity index is 0.000000137. The number of imidazole rings is 2. The number of alkyl carbamates (subject to hydrolysis) is 2. The number of nitrogens with zero attached hydrogens (tertiary/aromatic N) is 8. The van der Waals surface area contributed by atoms with E-state index in [-0.39, 0.29) is 66.0 Å². The molecule has 6 aromatic carbocycles. The molecule has 0 atom stereocenters. The van der Waals surface area contributed by atoms with Gasteiger partial charge in [0, 0.05) is 85.1 Å². The van der Waals surface area contributed by atoms with Crippen LogP contribution in [0.15, 0.2) is 146 Å². The highest BCUT2D eigenvalue weighted by atomic mass is 127. The quantitative estimate of drug-likeness (QED) is 0.0439. The van der Waals surface area contributed by atoms with Crippen LogP contribution in [0.5, 0.6) is 11.5 Å². The first-order chi connectivity index (χ1) is 44.4. The summed E-state index contributed by atoms with van der Waals surface area (Å²) in [5, 5.41) is 56.5. The van der Waals surface area contributed by atoms with E-state index in [1.165, 1.54) is 77.1 Å². The number of aromatic nitrogens is 6. The third-order valence-electron chi connectivity index (χ3n) is 18.3. The summed E-state index contributed by atoms with van der Waals surface area (Å²) in [5.74, 6) is -0.279. The molecule has 26 heteroatoms. The number of carbonyl (C=O) groups excluding carboxylic acids is 2. The lowest BCUT2D eigenvalue weighted by molar-refractivity contribution is -0.136. The molecule has 92 heavy (non-hydrogen) atoms. The van der Waals surface area contributed by atoms with Gasteiger partial charge in [-0.15, -0.1) is 10.2 Å². The molecule has 10 aromatic rings. The van der Waals surface area contributed by atoms with Gasteiger partial charge >= 0.3 is 19.3 Å². The van der Waals surface area contributed by atoms with Crippen molar-refractivity contribution >= 4 is 90.2 Å². The van der Waals surface area contributed by atoms with Gasteiger partial charge in [0.2, 0.25) is 20.2 Å². The van der Waals surface area contributed by atoms with Crippen LogP contribution in [-0.2, 0) is 9.47 Å². The van der Waals surface area contributed by atoms with E-state index in [0.29, 0.717) is 37.0 Å². The summed E-state index contributed by atoms with van der Waals surface area (Å²) in [7, 11) is 1.21. The smallest absolute Gasteiger partial charge is 0.492 e. The summed E-state index contributed by atoms with van der Waals surface area (Å²) >= 11 is 5.30. The van der Waals surface area contributed by atoms with Gasteiger partial charge in [-0.05, 0) is 111 Å². The molecule has 4 aliphatic carbocycles. The number of rotatable bonds is 14. The molecule has 4 fully saturated rings. The monoisotopic (exact) mass is 1390 g/mol. The van der Waals surface area contributed by atoms with Crippen LogP contribution in [0.25, 0.3) is 43.4 Å². The molecule has 20 nitrogen and oxygen atoms in total. The van der Waals surface area contributed by atoms with Crippen LogP contribution in [0.3, 0.4) is 0 Å². The molecule has 16 rings (SSSR count). The van der Waals surface area contributed by atoms with Crippen LogP contribution in [0.4, 0.5) is 28.6 Å². The Bertz CT molecular complexity index is 4350. The molecule has 2 spiro atoms. The highest BCUT2D eigenvalue weighted by Crippen LogP contribution is 2.57. The van der Waals surface area contributed by atoms with Gasteiger partial charge in [-0.1, -0.05) is 126 Å². The molecule has 4 aromatic heterocycles. The molecule has 2 saturated carbocycles. The van der Waals surface area contributed by atoms with Crippen molar-refractivity contribution in [3.63, 3.8) is 0 Å². The third-order valence-corrected chi connectivity index (χ3v) is 21.0. The van der Waals surface area contributed by atoms with Crippen LogP contribution in [0, 0.1) is 26.2 Å². The number of aliphatic hydroxyl groups is 2. The molecule has 6 aliphatic rings. The van der Waals surface area contributed by atoms with Crippen molar-refractivity contribution in [2.45, 2.75) is 48.7 Å². The van der Waals surface area contributed by atoms with Gasteiger partial charge in [0.05, 0.1) is 43.5 Å². The highest BCUT2D eigenvalue weighted by Gasteiger charge is 2.61. The standard InChI is InChI=1S/C33H30FN5O4S.C26H24IN5O3S.C7H8BFO3/c1-42-28-12-20(34)10-11-25(28)27-13-35-29-39(27)37-30(44-29)38-18-32(19-38)15-33(41,16-32)17-36-31(40)43-14-26-23-8-4-2-6-21(23)22-7-3-5-9-24(22)26;27-21-9-28-22-32(21)30-23(36-22)31-14-25(15-31)11-26(34,12-25)13-29-24(33)35-10-20-18-7-3-1-5-16(18)17-6-2-4-8-19(17)20;1-12-7-4-5(9)2-3-6(7)8(10)11/h2-13,26,41H,14-19H2,1H3,(H,36,40);1-9,20,34H,10-15H2,(H,29,33);2-4,10-11H,1H3. The molecule has 6 N–H and O–H groups in total. The maximum absolute atomic E-state index is 13.7. The average molecular weight is 1400 g/mol. The zero-order valence-corrected chi connectivity index (χ0v) is 53.6. The van der Waals surface area contributed by atoms with Gasteiger partial charge in [0.1, 0.15) is 40.0 Å². The van der Waals surface area contributed by atoms with Crippen molar-refractivity contribution in [3.8, 4) is 45.0 Å². The minimum Gasteiger partial charge on any atom is -0.497 e. The van der Waals surface area contributed by atoms with Crippen molar-refractivity contribution < 1.29 is 57.6 Å².